The second kappa shape index (κ2) is 7.75. The monoisotopic (exact) mass is 366 g/mol. The van der Waals surface area contributed by atoms with Gasteiger partial charge in [0.1, 0.15) is 5.75 Å². The quantitative estimate of drug-likeness (QED) is 0.886. The Morgan fingerprint density at radius 3 is 2.70 bits per heavy atom. The zero-order valence-electron chi connectivity index (χ0n) is 15.8. The van der Waals surface area contributed by atoms with Crippen LogP contribution in [0.4, 0.5) is 0 Å². The van der Waals surface area contributed by atoms with Crippen LogP contribution in [0.1, 0.15) is 43.2 Å². The number of ether oxygens (including phenoxy) is 1. The fourth-order valence-corrected chi connectivity index (χ4v) is 4.28. The third-order valence-corrected chi connectivity index (χ3v) is 5.61. The number of nitrogens with two attached hydrogens (primary N) is 1. The molecule has 1 aromatic carbocycles. The van der Waals surface area contributed by atoms with Gasteiger partial charge < -0.3 is 20.3 Å². The van der Waals surface area contributed by atoms with E-state index in [-0.39, 0.29) is 5.91 Å². The van der Waals surface area contributed by atoms with Crippen LogP contribution in [0.5, 0.6) is 5.75 Å². The van der Waals surface area contributed by atoms with Crippen molar-refractivity contribution in [3.8, 4) is 11.8 Å². The maximum atomic E-state index is 13.8. The van der Waals surface area contributed by atoms with E-state index < -0.39 is 5.54 Å². The Kier molecular flexibility index (Phi) is 5.41. The van der Waals surface area contributed by atoms with Crippen LogP contribution in [0.3, 0.4) is 0 Å². The molecule has 0 bridgehead atoms. The van der Waals surface area contributed by atoms with Gasteiger partial charge in [-0.15, -0.1) is 0 Å². The van der Waals surface area contributed by atoms with Gasteiger partial charge in [-0.1, -0.05) is 12.6 Å². The molecule has 2 fully saturated rings. The number of rotatable bonds is 4. The number of nitriles is 1. The average molecular weight is 366 g/mol. The zero-order chi connectivity index (χ0) is 19.4. The summed E-state index contributed by atoms with van der Waals surface area (Å²) in [5, 5.41) is 9.24. The highest BCUT2D eigenvalue weighted by Crippen LogP contribution is 2.48. The number of carbonyl (C=O) groups excluding carboxylic acids is 1. The number of hydrogen-bond acceptors (Lipinski definition) is 5. The largest absolute Gasteiger partial charge is 0.496 e. The highest BCUT2D eigenvalue weighted by Gasteiger charge is 2.53. The molecule has 2 saturated heterocycles. The second-order valence-electron chi connectivity index (χ2n) is 6.95. The number of carbonyl (C=O) groups is 1. The maximum Gasteiger partial charge on any atom is 0.253 e. The average Bonchev–Trinajstić information content (AvgIpc) is 3.12. The molecule has 27 heavy (non-hydrogen) atoms. The van der Waals surface area contributed by atoms with Crippen LogP contribution in [0.25, 0.3) is 0 Å². The lowest BCUT2D eigenvalue weighted by molar-refractivity contribution is -0.142. The van der Waals surface area contributed by atoms with Crippen molar-refractivity contribution in [2.75, 3.05) is 20.2 Å². The molecule has 1 atom stereocenters. The summed E-state index contributed by atoms with van der Waals surface area (Å²) in [6.45, 7) is 5.46. The molecule has 1 unspecified atom stereocenters. The Hall–Kier alpha value is -2.94. The van der Waals surface area contributed by atoms with E-state index in [0.29, 0.717) is 24.2 Å². The summed E-state index contributed by atoms with van der Waals surface area (Å²) in [7, 11) is 1.56. The summed E-state index contributed by atoms with van der Waals surface area (Å²) in [6, 6.07) is 7.37. The number of methoxy groups -OCH3 is 1. The SMILES string of the molecule is C=CN1/C(=C\N)CCC1(C(=O)N1CCCCC1)c1ccc(C#N)cc1OC. The normalized spacial score (nSPS) is 23.9. The molecule has 2 heterocycles. The first-order valence-corrected chi connectivity index (χ1v) is 9.33. The lowest BCUT2D eigenvalue weighted by Gasteiger charge is -2.42. The van der Waals surface area contributed by atoms with E-state index in [2.05, 4.69) is 12.6 Å². The van der Waals surface area contributed by atoms with Crippen LogP contribution in [0, 0.1) is 11.3 Å². The molecule has 1 amide bonds. The summed E-state index contributed by atoms with van der Waals surface area (Å²) in [5.74, 6) is 0.575. The summed E-state index contributed by atoms with van der Waals surface area (Å²) < 4.78 is 5.59. The van der Waals surface area contributed by atoms with Crippen molar-refractivity contribution >= 4 is 5.91 Å². The van der Waals surface area contributed by atoms with Crippen molar-refractivity contribution in [1.82, 2.24) is 9.80 Å². The molecule has 3 rings (SSSR count). The second-order valence-corrected chi connectivity index (χ2v) is 6.95. The van der Waals surface area contributed by atoms with Crippen molar-refractivity contribution in [3.63, 3.8) is 0 Å². The van der Waals surface area contributed by atoms with E-state index in [4.69, 9.17) is 10.5 Å². The number of piperidine rings is 1. The smallest absolute Gasteiger partial charge is 0.253 e. The van der Waals surface area contributed by atoms with Gasteiger partial charge in [-0.3, -0.25) is 4.79 Å². The van der Waals surface area contributed by atoms with Gasteiger partial charge in [-0.05, 0) is 50.4 Å². The van der Waals surface area contributed by atoms with Crippen LogP contribution >= 0.6 is 0 Å². The van der Waals surface area contributed by atoms with Gasteiger partial charge in [0.15, 0.2) is 5.54 Å². The molecule has 6 nitrogen and oxygen atoms in total. The predicted molar refractivity (Wildman–Crippen MR) is 103 cm³/mol. The van der Waals surface area contributed by atoms with Gasteiger partial charge in [-0.25, -0.2) is 0 Å². The maximum absolute atomic E-state index is 13.8. The van der Waals surface area contributed by atoms with E-state index in [1.54, 1.807) is 31.6 Å². The molecule has 0 aromatic heterocycles. The highest BCUT2D eigenvalue weighted by atomic mass is 16.5. The van der Waals surface area contributed by atoms with Crippen LogP contribution in [0.15, 0.2) is 42.9 Å². The lowest BCUT2D eigenvalue weighted by Crippen LogP contribution is -2.53. The molecule has 2 aliphatic heterocycles. The summed E-state index contributed by atoms with van der Waals surface area (Å²) in [5.41, 5.74) is 6.99. The fraction of sp³-hybridized carbons (Fsp3) is 0.429. The summed E-state index contributed by atoms with van der Waals surface area (Å²) >= 11 is 0. The molecule has 1 aromatic rings. The minimum atomic E-state index is -0.955. The Balaban J connectivity index is 2.18. The van der Waals surface area contributed by atoms with Gasteiger partial charge in [0, 0.05) is 30.5 Å². The van der Waals surface area contributed by atoms with E-state index in [0.717, 1.165) is 43.6 Å². The summed E-state index contributed by atoms with van der Waals surface area (Å²) in [6.07, 6.45) is 7.65. The molecule has 0 aliphatic carbocycles. The van der Waals surface area contributed by atoms with Crippen LogP contribution in [-0.4, -0.2) is 35.9 Å². The lowest BCUT2D eigenvalue weighted by atomic mass is 9.84. The number of amides is 1. The highest BCUT2D eigenvalue weighted by molar-refractivity contribution is 5.90. The fourth-order valence-electron chi connectivity index (χ4n) is 4.28. The number of nitrogens with zero attached hydrogens (tertiary/aromatic N) is 3. The number of hydrogen-bond donors (Lipinski definition) is 1. The van der Waals surface area contributed by atoms with Gasteiger partial charge >= 0.3 is 0 Å². The number of likely N-dealkylation sites (tertiary alicyclic amines) is 2. The van der Waals surface area contributed by atoms with Gasteiger partial charge in [0.25, 0.3) is 5.91 Å². The third-order valence-electron chi connectivity index (χ3n) is 5.61. The van der Waals surface area contributed by atoms with Gasteiger partial charge in [-0.2, -0.15) is 5.26 Å². The topological polar surface area (TPSA) is 82.6 Å². The van der Waals surface area contributed by atoms with E-state index in [1.807, 2.05) is 15.9 Å². The first-order chi connectivity index (χ1) is 13.1. The molecular weight excluding hydrogens is 340 g/mol. The number of allylic oxidation sites excluding steroid dienone is 1. The number of benzene rings is 1. The minimum absolute atomic E-state index is 0.0435. The predicted octanol–water partition coefficient (Wildman–Crippen LogP) is 2.81. The van der Waals surface area contributed by atoms with E-state index in [9.17, 15) is 10.1 Å². The Morgan fingerprint density at radius 2 is 2.11 bits per heavy atom. The van der Waals surface area contributed by atoms with E-state index in [1.165, 1.54) is 0 Å². The molecule has 0 spiro atoms. The molecule has 0 radical (unpaired) electrons. The Morgan fingerprint density at radius 1 is 1.37 bits per heavy atom. The first-order valence-electron chi connectivity index (χ1n) is 9.33. The Bertz CT molecular complexity index is 805. The van der Waals surface area contributed by atoms with Crippen LogP contribution in [-0.2, 0) is 10.3 Å². The third kappa shape index (κ3) is 3.03. The zero-order valence-corrected chi connectivity index (χ0v) is 15.8. The molecular formula is C21H26N4O2. The first kappa shape index (κ1) is 18.8. The van der Waals surface area contributed by atoms with Gasteiger partial charge in [0.05, 0.1) is 18.7 Å². The Labute approximate surface area is 160 Å². The molecule has 0 saturated carbocycles. The van der Waals surface area contributed by atoms with Crippen LogP contribution < -0.4 is 10.5 Å². The standard InChI is InChI=1S/C21H26N4O2/c1-3-25-17(15-23)9-10-21(25,20(26)24-11-5-4-6-12-24)18-8-7-16(14-22)13-19(18)27-2/h3,7-8,13,15H,1,4-6,9-12,23H2,2H3/b17-15-. The van der Waals surface area contributed by atoms with Crippen molar-refractivity contribution in [2.45, 2.75) is 37.6 Å². The van der Waals surface area contributed by atoms with Crippen molar-refractivity contribution < 1.29 is 9.53 Å². The van der Waals surface area contributed by atoms with Crippen molar-refractivity contribution in [1.29, 1.82) is 5.26 Å². The molecule has 2 aliphatic rings. The van der Waals surface area contributed by atoms with Crippen molar-refractivity contribution in [3.05, 3.63) is 54.0 Å². The molecule has 6 heteroatoms. The van der Waals surface area contributed by atoms with Crippen molar-refractivity contribution in [2.24, 2.45) is 5.73 Å². The molecule has 142 valence electrons. The minimum Gasteiger partial charge on any atom is -0.496 e. The van der Waals surface area contributed by atoms with E-state index >= 15 is 0 Å². The van der Waals surface area contributed by atoms with Gasteiger partial charge in [0.2, 0.25) is 0 Å². The summed E-state index contributed by atoms with van der Waals surface area (Å²) in [4.78, 5) is 17.6. The van der Waals surface area contributed by atoms with Crippen LogP contribution in [0.2, 0.25) is 0 Å². The molecule has 2 N–H and O–H groups in total.